The third-order valence-corrected chi connectivity index (χ3v) is 2.88. The van der Waals surface area contributed by atoms with Crippen LogP contribution in [0, 0.1) is 5.92 Å². The van der Waals surface area contributed by atoms with Crippen LogP contribution < -0.4 is 0 Å². The summed E-state index contributed by atoms with van der Waals surface area (Å²) >= 11 is 0. The van der Waals surface area contributed by atoms with E-state index in [9.17, 15) is 9.59 Å². The van der Waals surface area contributed by atoms with Gasteiger partial charge in [-0.3, -0.25) is 0 Å². The zero-order valence-corrected chi connectivity index (χ0v) is 14.2. The van der Waals surface area contributed by atoms with Gasteiger partial charge in [0.05, 0.1) is 13.7 Å². The van der Waals surface area contributed by atoms with Gasteiger partial charge in [0.15, 0.2) is 0 Å². The van der Waals surface area contributed by atoms with Crippen molar-refractivity contribution in [2.75, 3.05) is 13.7 Å². The van der Waals surface area contributed by atoms with Gasteiger partial charge in [0.2, 0.25) is 0 Å². The summed E-state index contributed by atoms with van der Waals surface area (Å²) in [6.45, 7) is 15.0. The van der Waals surface area contributed by atoms with Crippen LogP contribution >= 0.6 is 0 Å². The summed E-state index contributed by atoms with van der Waals surface area (Å²) in [5.41, 5.74) is 0.915. The molecule has 1 unspecified atom stereocenters. The molecule has 0 fully saturated rings. The minimum Gasteiger partial charge on any atom is -0.466 e. The molecule has 4 nitrogen and oxygen atoms in total. The van der Waals surface area contributed by atoms with Gasteiger partial charge in [0.1, 0.15) is 0 Å². The first-order valence-corrected chi connectivity index (χ1v) is 7.36. The molecule has 0 amide bonds. The number of methoxy groups -OCH3 is 1. The fraction of sp³-hybridized carbons (Fsp3) is 0.647. The summed E-state index contributed by atoms with van der Waals surface area (Å²) in [7, 11) is 1.33. The molecule has 0 heterocycles. The zero-order chi connectivity index (χ0) is 16.8. The Morgan fingerprint density at radius 2 is 1.57 bits per heavy atom. The fourth-order valence-electron chi connectivity index (χ4n) is 1.39. The maximum Gasteiger partial charge on any atom is 0.333 e. The second-order valence-corrected chi connectivity index (χ2v) is 5.07. The molecule has 0 aromatic heterocycles. The number of carbonyl (C=O) groups is 2. The molecule has 0 aromatic rings. The smallest absolute Gasteiger partial charge is 0.333 e. The van der Waals surface area contributed by atoms with Crippen LogP contribution in [0.4, 0.5) is 0 Å². The third kappa shape index (κ3) is 13.2. The SMILES string of the molecule is C=C(C)C(=O)OC.C=C(C)C(=O)OCC(CC)CCCC. The van der Waals surface area contributed by atoms with Crippen molar-refractivity contribution < 1.29 is 19.1 Å². The molecule has 0 aromatic carbocycles. The Kier molecular flexibility index (Phi) is 13.9. The van der Waals surface area contributed by atoms with Crippen LogP contribution in [0.5, 0.6) is 0 Å². The van der Waals surface area contributed by atoms with E-state index in [1.165, 1.54) is 20.0 Å². The normalized spacial score (nSPS) is 10.7. The van der Waals surface area contributed by atoms with E-state index in [1.54, 1.807) is 13.8 Å². The highest BCUT2D eigenvalue weighted by molar-refractivity contribution is 5.87. The highest BCUT2D eigenvalue weighted by Crippen LogP contribution is 2.13. The van der Waals surface area contributed by atoms with Crippen LogP contribution in [0.3, 0.4) is 0 Å². The lowest BCUT2D eigenvalue weighted by Gasteiger charge is -2.14. The lowest BCUT2D eigenvalue weighted by Crippen LogP contribution is -2.14. The van der Waals surface area contributed by atoms with Crippen molar-refractivity contribution in [1.82, 2.24) is 0 Å². The molecule has 0 aliphatic carbocycles. The maximum atomic E-state index is 11.1. The van der Waals surface area contributed by atoms with E-state index in [1.807, 2.05) is 0 Å². The zero-order valence-electron chi connectivity index (χ0n) is 14.2. The molecule has 0 saturated carbocycles. The van der Waals surface area contributed by atoms with Crippen molar-refractivity contribution in [3.63, 3.8) is 0 Å². The standard InChI is InChI=1S/C12H22O2.C5H8O2/c1-5-7-8-11(6-2)9-14-12(13)10(3)4;1-4(2)5(6)7-3/h11H,3,5-9H2,1-2,4H3;1H2,2-3H3. The van der Waals surface area contributed by atoms with E-state index in [0.717, 1.165) is 12.8 Å². The number of hydrogen-bond donors (Lipinski definition) is 0. The Hall–Kier alpha value is -1.58. The average molecular weight is 298 g/mol. The largest absolute Gasteiger partial charge is 0.466 e. The number of carbonyl (C=O) groups excluding carboxylic acids is 2. The molecule has 0 spiro atoms. The third-order valence-electron chi connectivity index (χ3n) is 2.88. The summed E-state index contributed by atoms with van der Waals surface area (Å²) in [5.74, 6) is -0.0989. The molecule has 0 rings (SSSR count). The van der Waals surface area contributed by atoms with Gasteiger partial charge in [0, 0.05) is 11.1 Å². The van der Waals surface area contributed by atoms with Crippen LogP contribution in [0.25, 0.3) is 0 Å². The molecular weight excluding hydrogens is 268 g/mol. The molecule has 0 radical (unpaired) electrons. The number of unbranched alkanes of at least 4 members (excludes halogenated alkanes) is 1. The molecular formula is C17H30O4. The Morgan fingerprint density at radius 1 is 1.05 bits per heavy atom. The van der Waals surface area contributed by atoms with E-state index in [0.29, 0.717) is 23.7 Å². The Labute approximate surface area is 129 Å². The number of rotatable bonds is 8. The van der Waals surface area contributed by atoms with Gasteiger partial charge in [-0.2, -0.15) is 0 Å². The van der Waals surface area contributed by atoms with Crippen molar-refractivity contribution in [2.24, 2.45) is 5.92 Å². The minimum atomic E-state index is -0.347. The van der Waals surface area contributed by atoms with Gasteiger partial charge in [0.25, 0.3) is 0 Å². The molecule has 0 aliphatic heterocycles. The van der Waals surface area contributed by atoms with E-state index in [4.69, 9.17) is 4.74 Å². The summed E-state index contributed by atoms with van der Waals surface area (Å²) in [6.07, 6.45) is 4.63. The van der Waals surface area contributed by atoms with Gasteiger partial charge >= 0.3 is 11.9 Å². The molecule has 0 bridgehead atoms. The van der Waals surface area contributed by atoms with Gasteiger partial charge < -0.3 is 9.47 Å². The minimum absolute atomic E-state index is 0.264. The van der Waals surface area contributed by atoms with Crippen LogP contribution in [-0.4, -0.2) is 25.7 Å². The first kappa shape index (κ1) is 21.7. The first-order valence-electron chi connectivity index (χ1n) is 7.36. The molecule has 0 N–H and O–H groups in total. The predicted octanol–water partition coefficient (Wildman–Crippen LogP) is 4.06. The topological polar surface area (TPSA) is 52.6 Å². The summed E-state index contributed by atoms with van der Waals surface area (Å²) in [4.78, 5) is 21.3. The van der Waals surface area contributed by atoms with Crippen LogP contribution in [-0.2, 0) is 19.1 Å². The molecule has 0 saturated heterocycles. The number of hydrogen-bond acceptors (Lipinski definition) is 4. The summed E-state index contributed by atoms with van der Waals surface area (Å²) in [5, 5.41) is 0. The van der Waals surface area contributed by atoms with Crippen molar-refractivity contribution in [3.8, 4) is 0 Å². The van der Waals surface area contributed by atoms with Crippen molar-refractivity contribution >= 4 is 11.9 Å². The van der Waals surface area contributed by atoms with E-state index in [-0.39, 0.29) is 11.9 Å². The summed E-state index contributed by atoms with van der Waals surface area (Å²) < 4.78 is 9.39. The Balaban J connectivity index is 0. The number of ether oxygens (including phenoxy) is 2. The van der Waals surface area contributed by atoms with Crippen LogP contribution in [0.2, 0.25) is 0 Å². The quantitative estimate of drug-likeness (QED) is 0.501. The van der Waals surface area contributed by atoms with Crippen molar-refractivity contribution in [3.05, 3.63) is 24.3 Å². The highest BCUT2D eigenvalue weighted by atomic mass is 16.5. The van der Waals surface area contributed by atoms with Gasteiger partial charge in [-0.05, 0) is 26.2 Å². The molecule has 21 heavy (non-hydrogen) atoms. The maximum absolute atomic E-state index is 11.1. The number of esters is 2. The average Bonchev–Trinajstić information content (AvgIpc) is 2.46. The Bertz CT molecular complexity index is 345. The van der Waals surface area contributed by atoms with Gasteiger partial charge in [-0.25, -0.2) is 9.59 Å². The van der Waals surface area contributed by atoms with Crippen LogP contribution in [0.1, 0.15) is 53.4 Å². The second-order valence-electron chi connectivity index (χ2n) is 5.07. The van der Waals surface area contributed by atoms with Crippen molar-refractivity contribution in [1.29, 1.82) is 0 Å². The monoisotopic (exact) mass is 298 g/mol. The van der Waals surface area contributed by atoms with Crippen LogP contribution in [0.15, 0.2) is 24.3 Å². The summed E-state index contributed by atoms with van der Waals surface area (Å²) in [6, 6.07) is 0. The second kappa shape index (κ2) is 13.4. The Morgan fingerprint density at radius 3 is 1.86 bits per heavy atom. The lowest BCUT2D eigenvalue weighted by atomic mass is 10.0. The van der Waals surface area contributed by atoms with Crippen molar-refractivity contribution in [2.45, 2.75) is 53.4 Å². The lowest BCUT2D eigenvalue weighted by molar-refractivity contribution is -0.140. The van der Waals surface area contributed by atoms with E-state index < -0.39 is 0 Å². The molecule has 122 valence electrons. The fourth-order valence-corrected chi connectivity index (χ4v) is 1.39. The van der Waals surface area contributed by atoms with E-state index >= 15 is 0 Å². The molecule has 1 atom stereocenters. The first-order chi connectivity index (χ1) is 9.79. The molecule has 0 aliphatic rings. The molecule has 4 heteroatoms. The predicted molar refractivity (Wildman–Crippen MR) is 85.9 cm³/mol. The highest BCUT2D eigenvalue weighted by Gasteiger charge is 2.09. The van der Waals surface area contributed by atoms with Gasteiger partial charge in [-0.15, -0.1) is 0 Å². The van der Waals surface area contributed by atoms with E-state index in [2.05, 4.69) is 31.7 Å². The van der Waals surface area contributed by atoms with Gasteiger partial charge in [-0.1, -0.05) is 46.3 Å².